The highest BCUT2D eigenvalue weighted by Gasteiger charge is 2.23. The topological polar surface area (TPSA) is 84.4 Å². The largest absolute Gasteiger partial charge is 0.476 e. The number of thiophene rings is 1. The number of nitrogens with zero attached hydrogens (tertiary/aromatic N) is 1. The zero-order valence-electron chi connectivity index (χ0n) is 12.2. The van der Waals surface area contributed by atoms with Gasteiger partial charge in [0.2, 0.25) is 6.79 Å². The van der Waals surface area contributed by atoms with Crippen LogP contribution in [0.5, 0.6) is 11.5 Å². The highest BCUT2D eigenvalue weighted by molar-refractivity contribution is 7.13. The second kappa shape index (κ2) is 5.85. The number of hydrogen-bond acceptors (Lipinski definition) is 5. The molecular weight excluding hydrogens is 352 g/mol. The van der Waals surface area contributed by atoms with Crippen molar-refractivity contribution in [3.8, 4) is 22.1 Å². The first-order valence-electron chi connectivity index (χ1n) is 7.06. The van der Waals surface area contributed by atoms with E-state index < -0.39 is 5.97 Å². The lowest BCUT2D eigenvalue weighted by Crippen LogP contribution is -2.03. The van der Waals surface area contributed by atoms with Crippen LogP contribution in [0.25, 0.3) is 10.6 Å². The number of hydrogen-bond donors (Lipinski definition) is 2. The van der Waals surface area contributed by atoms with Crippen LogP contribution in [0.1, 0.15) is 21.6 Å². The number of aromatic nitrogens is 2. The van der Waals surface area contributed by atoms with E-state index in [0.29, 0.717) is 34.2 Å². The van der Waals surface area contributed by atoms with Crippen LogP contribution in [-0.4, -0.2) is 28.1 Å². The lowest BCUT2D eigenvalue weighted by atomic mass is 10.0. The second-order valence-corrected chi connectivity index (χ2v) is 6.54. The summed E-state index contributed by atoms with van der Waals surface area (Å²) in [4.78, 5) is 12.4. The number of ether oxygens (including phenoxy) is 2. The third kappa shape index (κ3) is 2.51. The summed E-state index contributed by atoms with van der Waals surface area (Å²) >= 11 is 7.83. The van der Waals surface area contributed by atoms with Gasteiger partial charge in [-0.05, 0) is 23.1 Å². The van der Waals surface area contributed by atoms with Crippen molar-refractivity contribution in [3.63, 3.8) is 0 Å². The predicted molar refractivity (Wildman–Crippen MR) is 89.2 cm³/mol. The minimum atomic E-state index is -1.08. The van der Waals surface area contributed by atoms with Gasteiger partial charge in [-0.2, -0.15) is 5.10 Å². The Labute approximate surface area is 145 Å². The van der Waals surface area contributed by atoms with Crippen molar-refractivity contribution in [2.24, 2.45) is 0 Å². The van der Waals surface area contributed by atoms with Crippen LogP contribution >= 0.6 is 22.9 Å². The van der Waals surface area contributed by atoms with Crippen LogP contribution < -0.4 is 9.47 Å². The Morgan fingerprint density at radius 1 is 1.38 bits per heavy atom. The molecule has 0 bridgehead atoms. The molecule has 0 fully saturated rings. The standard InChI is InChI=1S/C16H11ClN2O4S/c17-10-6-12-11(22-7-23-12)5-8(10)4-9-14(13-2-1-3-24-13)18-19-15(9)16(20)21/h1-3,5-6H,4,7H2,(H,18,19)(H,20,21). The van der Waals surface area contributed by atoms with E-state index in [1.807, 2.05) is 17.5 Å². The predicted octanol–water partition coefficient (Wildman–Crippen LogP) is 3.81. The van der Waals surface area contributed by atoms with Crippen molar-refractivity contribution in [1.82, 2.24) is 10.2 Å². The minimum absolute atomic E-state index is 0.00728. The number of aromatic carboxylic acids is 1. The van der Waals surface area contributed by atoms with Gasteiger partial charge >= 0.3 is 5.97 Å². The normalized spacial score (nSPS) is 12.5. The van der Waals surface area contributed by atoms with Gasteiger partial charge in [-0.25, -0.2) is 4.79 Å². The van der Waals surface area contributed by atoms with Crippen LogP contribution in [0.4, 0.5) is 0 Å². The number of benzene rings is 1. The van der Waals surface area contributed by atoms with E-state index >= 15 is 0 Å². The Morgan fingerprint density at radius 2 is 2.17 bits per heavy atom. The maximum atomic E-state index is 11.5. The van der Waals surface area contributed by atoms with Crippen molar-refractivity contribution in [2.75, 3.05) is 6.79 Å². The molecule has 2 aromatic heterocycles. The van der Waals surface area contributed by atoms with Crippen LogP contribution in [-0.2, 0) is 6.42 Å². The van der Waals surface area contributed by atoms with Crippen molar-refractivity contribution in [1.29, 1.82) is 0 Å². The number of aromatic amines is 1. The number of carboxylic acid groups (broad SMARTS) is 1. The van der Waals surface area contributed by atoms with E-state index in [0.717, 1.165) is 10.4 Å². The molecule has 3 heterocycles. The van der Waals surface area contributed by atoms with Gasteiger partial charge < -0.3 is 14.6 Å². The highest BCUT2D eigenvalue weighted by atomic mass is 35.5. The summed E-state index contributed by atoms with van der Waals surface area (Å²) in [5.41, 5.74) is 2.02. The van der Waals surface area contributed by atoms with Crippen LogP contribution in [0.15, 0.2) is 29.6 Å². The zero-order valence-corrected chi connectivity index (χ0v) is 13.8. The van der Waals surface area contributed by atoms with Gasteiger partial charge in [0.1, 0.15) is 0 Å². The van der Waals surface area contributed by atoms with Gasteiger partial charge in [0.15, 0.2) is 17.2 Å². The molecule has 6 nitrogen and oxygen atoms in total. The summed E-state index contributed by atoms with van der Waals surface area (Å²) in [6.07, 6.45) is 0.320. The fraction of sp³-hybridized carbons (Fsp3) is 0.125. The second-order valence-electron chi connectivity index (χ2n) is 5.18. The lowest BCUT2D eigenvalue weighted by Gasteiger charge is -2.07. The van der Waals surface area contributed by atoms with E-state index in [1.165, 1.54) is 11.3 Å². The Balaban J connectivity index is 1.79. The molecule has 0 amide bonds. The fourth-order valence-corrected chi connectivity index (χ4v) is 3.59. The molecule has 0 spiro atoms. The molecule has 3 aromatic rings. The number of carbonyl (C=O) groups is 1. The molecule has 8 heteroatoms. The van der Waals surface area contributed by atoms with Gasteiger partial charge in [-0.15, -0.1) is 11.3 Å². The van der Waals surface area contributed by atoms with E-state index in [9.17, 15) is 9.90 Å². The van der Waals surface area contributed by atoms with Crippen LogP contribution in [0.2, 0.25) is 5.02 Å². The molecule has 122 valence electrons. The molecule has 24 heavy (non-hydrogen) atoms. The number of rotatable bonds is 4. The van der Waals surface area contributed by atoms with Crippen molar-refractivity contribution >= 4 is 28.9 Å². The first-order valence-corrected chi connectivity index (χ1v) is 8.31. The molecule has 0 saturated carbocycles. The third-order valence-corrected chi connectivity index (χ3v) is 4.99. The number of nitrogens with one attached hydrogen (secondary N) is 1. The zero-order chi connectivity index (χ0) is 16.7. The molecule has 0 saturated heterocycles. The number of carboxylic acids is 1. The number of fused-ring (bicyclic) bond motifs is 1. The SMILES string of the molecule is O=C(O)c1n[nH]c(-c2cccs2)c1Cc1cc2c(cc1Cl)OCO2. The van der Waals surface area contributed by atoms with Crippen molar-refractivity contribution < 1.29 is 19.4 Å². The summed E-state index contributed by atoms with van der Waals surface area (Å²) in [7, 11) is 0. The summed E-state index contributed by atoms with van der Waals surface area (Å²) < 4.78 is 10.7. The van der Waals surface area contributed by atoms with Gasteiger partial charge in [-0.1, -0.05) is 17.7 Å². The number of halogens is 1. The number of H-pyrrole nitrogens is 1. The molecule has 1 aromatic carbocycles. The summed E-state index contributed by atoms with van der Waals surface area (Å²) in [5.74, 6) is 0.112. The van der Waals surface area contributed by atoms with Gasteiger partial charge in [0.25, 0.3) is 0 Å². The molecule has 1 aliphatic rings. The Hall–Kier alpha value is -2.51. The monoisotopic (exact) mass is 362 g/mol. The van der Waals surface area contributed by atoms with Crippen LogP contribution in [0.3, 0.4) is 0 Å². The van der Waals surface area contributed by atoms with Gasteiger partial charge in [-0.3, -0.25) is 5.10 Å². The minimum Gasteiger partial charge on any atom is -0.476 e. The van der Waals surface area contributed by atoms with E-state index in [4.69, 9.17) is 21.1 Å². The Kier molecular flexibility index (Phi) is 3.66. The average molecular weight is 363 g/mol. The molecule has 4 rings (SSSR count). The lowest BCUT2D eigenvalue weighted by molar-refractivity contribution is 0.0689. The van der Waals surface area contributed by atoms with Crippen LogP contribution in [0, 0.1) is 0 Å². The maximum absolute atomic E-state index is 11.5. The molecule has 2 N–H and O–H groups in total. The quantitative estimate of drug-likeness (QED) is 0.737. The molecule has 0 radical (unpaired) electrons. The van der Waals surface area contributed by atoms with Crippen molar-refractivity contribution in [3.05, 3.63) is 51.5 Å². The molecule has 1 aliphatic heterocycles. The first-order chi connectivity index (χ1) is 11.6. The van der Waals surface area contributed by atoms with Gasteiger partial charge in [0.05, 0.1) is 10.6 Å². The molecule has 0 atom stereocenters. The summed E-state index contributed by atoms with van der Waals surface area (Å²) in [6.45, 7) is 0.154. The van der Waals surface area contributed by atoms with E-state index in [-0.39, 0.29) is 12.5 Å². The molecule has 0 unspecified atom stereocenters. The third-order valence-electron chi connectivity index (χ3n) is 3.75. The maximum Gasteiger partial charge on any atom is 0.356 e. The Morgan fingerprint density at radius 3 is 2.88 bits per heavy atom. The van der Waals surface area contributed by atoms with E-state index in [1.54, 1.807) is 12.1 Å². The first kappa shape index (κ1) is 15.0. The summed E-state index contributed by atoms with van der Waals surface area (Å²) in [6, 6.07) is 7.28. The highest BCUT2D eigenvalue weighted by Crippen LogP contribution is 2.39. The fourth-order valence-electron chi connectivity index (χ4n) is 2.62. The van der Waals surface area contributed by atoms with Crippen molar-refractivity contribution in [2.45, 2.75) is 6.42 Å². The molecular formula is C16H11ClN2O4S. The summed E-state index contributed by atoms with van der Waals surface area (Å²) in [5, 5.41) is 18.6. The Bertz CT molecular complexity index is 921. The van der Waals surface area contributed by atoms with E-state index in [2.05, 4.69) is 10.2 Å². The average Bonchev–Trinajstić information content (AvgIpc) is 3.26. The van der Waals surface area contributed by atoms with Gasteiger partial charge in [0, 0.05) is 23.1 Å². The molecule has 0 aliphatic carbocycles. The smallest absolute Gasteiger partial charge is 0.356 e.